The number of hydrogen-bond acceptors (Lipinski definition) is 3. The number of carbonyl (C=O) groups excluding carboxylic acids is 1. The van der Waals surface area contributed by atoms with Crippen LogP contribution < -0.4 is 0 Å². The van der Waals surface area contributed by atoms with Crippen LogP contribution in [-0.2, 0) is 4.74 Å². The highest BCUT2D eigenvalue weighted by Crippen LogP contribution is 1.98. The lowest BCUT2D eigenvalue weighted by molar-refractivity contribution is 0.0759. The van der Waals surface area contributed by atoms with Crippen LogP contribution in [0.5, 0.6) is 0 Å². The first-order valence-corrected chi connectivity index (χ1v) is 8.06. The summed E-state index contributed by atoms with van der Waals surface area (Å²) in [5.41, 5.74) is 0. The fourth-order valence-electron chi connectivity index (χ4n) is 1.10. The lowest BCUT2D eigenvalue weighted by Gasteiger charge is -2.24. The predicted octanol–water partition coefficient (Wildman–Crippen LogP) is 4.25. The van der Waals surface area contributed by atoms with Crippen LogP contribution in [0, 0.1) is 0 Å². The molecule has 0 bridgehead atoms. The highest BCUT2D eigenvalue weighted by Gasteiger charge is 2.14. The van der Waals surface area contributed by atoms with Gasteiger partial charge < -0.3 is 14.5 Å². The molecule has 0 fully saturated rings. The first kappa shape index (κ1) is 24.3. The Bertz CT molecular complexity index is 197. The summed E-state index contributed by atoms with van der Waals surface area (Å²) >= 11 is 0. The summed E-state index contributed by atoms with van der Waals surface area (Å²) in [6.45, 7) is 19.4. The van der Waals surface area contributed by atoms with Gasteiger partial charge in [0.25, 0.3) is 0 Å². The van der Waals surface area contributed by atoms with Gasteiger partial charge in [0.1, 0.15) is 0 Å². The Balaban J connectivity index is -0.000000505. The zero-order valence-electron chi connectivity index (χ0n) is 15.3. The fourth-order valence-corrected chi connectivity index (χ4v) is 1.10. The van der Waals surface area contributed by atoms with E-state index in [0.29, 0.717) is 6.54 Å². The van der Waals surface area contributed by atoms with Crippen molar-refractivity contribution < 1.29 is 9.53 Å². The second kappa shape index (κ2) is 18.2. The van der Waals surface area contributed by atoms with Gasteiger partial charge in [-0.05, 0) is 34.4 Å². The van der Waals surface area contributed by atoms with Crippen molar-refractivity contribution in [2.24, 2.45) is 0 Å². The summed E-state index contributed by atoms with van der Waals surface area (Å²) in [5, 5.41) is 0. The van der Waals surface area contributed by atoms with Gasteiger partial charge in [-0.25, -0.2) is 4.79 Å². The molecule has 0 aromatic carbocycles. The number of hydrogen-bond donors (Lipinski definition) is 0. The van der Waals surface area contributed by atoms with Crippen molar-refractivity contribution in [1.29, 1.82) is 0 Å². The van der Waals surface area contributed by atoms with Crippen molar-refractivity contribution in [3.63, 3.8) is 0 Å². The second-order valence-corrected chi connectivity index (χ2v) is 4.62. The van der Waals surface area contributed by atoms with Crippen molar-refractivity contribution in [2.45, 2.75) is 67.9 Å². The predicted molar refractivity (Wildman–Crippen MR) is 89.3 cm³/mol. The number of amides is 1. The maximum atomic E-state index is 11.6. The van der Waals surface area contributed by atoms with Crippen LogP contribution in [0.3, 0.4) is 0 Å². The zero-order valence-corrected chi connectivity index (χ0v) is 15.3. The molecule has 0 radical (unpaired) electrons. The Morgan fingerprint density at radius 3 is 1.75 bits per heavy atom. The van der Waals surface area contributed by atoms with Crippen molar-refractivity contribution in [1.82, 2.24) is 9.80 Å². The average Bonchev–Trinajstić information content (AvgIpc) is 2.41. The number of nitrogens with zero attached hydrogens (tertiary/aromatic N) is 2. The SMILES string of the molecule is CC.CCC.CCN(C)CCN(CC)C(=O)OC(C)C. The minimum Gasteiger partial charge on any atom is -0.447 e. The molecule has 0 aliphatic heterocycles. The van der Waals surface area contributed by atoms with Crippen LogP contribution in [0.2, 0.25) is 0 Å². The van der Waals surface area contributed by atoms with E-state index < -0.39 is 0 Å². The number of carbonyl (C=O) groups is 1. The van der Waals surface area contributed by atoms with Gasteiger partial charge in [-0.1, -0.05) is 41.0 Å². The molecule has 0 atom stereocenters. The lowest BCUT2D eigenvalue weighted by Crippen LogP contribution is -2.38. The molecule has 0 aromatic heterocycles. The quantitative estimate of drug-likeness (QED) is 0.733. The van der Waals surface area contributed by atoms with Gasteiger partial charge >= 0.3 is 6.09 Å². The number of rotatable bonds is 6. The minimum absolute atomic E-state index is 0.0459. The Morgan fingerprint density at radius 1 is 1.00 bits per heavy atom. The normalized spacial score (nSPS) is 9.35. The van der Waals surface area contributed by atoms with Gasteiger partial charge in [0.15, 0.2) is 0 Å². The maximum absolute atomic E-state index is 11.6. The second-order valence-electron chi connectivity index (χ2n) is 4.62. The molecule has 0 unspecified atom stereocenters. The van der Waals surface area contributed by atoms with Gasteiger partial charge in [0.2, 0.25) is 0 Å². The van der Waals surface area contributed by atoms with E-state index in [-0.39, 0.29) is 12.2 Å². The van der Waals surface area contributed by atoms with E-state index in [9.17, 15) is 4.79 Å². The molecule has 4 heteroatoms. The third-order valence-corrected chi connectivity index (χ3v) is 2.27. The minimum atomic E-state index is -0.211. The standard InChI is InChI=1S/C11H24N2O2.C3H8.C2H6/c1-6-12(5)8-9-13(7-2)11(14)15-10(3)4;1-3-2;1-2/h10H,6-9H2,1-5H3;3H2,1-2H3;1-2H3. The summed E-state index contributed by atoms with van der Waals surface area (Å²) in [5.74, 6) is 0. The van der Waals surface area contributed by atoms with E-state index in [1.165, 1.54) is 6.42 Å². The molecule has 1 amide bonds. The van der Waals surface area contributed by atoms with E-state index in [0.717, 1.165) is 19.6 Å². The first-order valence-electron chi connectivity index (χ1n) is 8.06. The summed E-state index contributed by atoms with van der Waals surface area (Å²) in [6.07, 6.45) is 0.993. The molecule has 0 aromatic rings. The molecule has 4 nitrogen and oxygen atoms in total. The van der Waals surface area contributed by atoms with Crippen LogP contribution in [0.1, 0.15) is 61.8 Å². The van der Waals surface area contributed by atoms with Crippen LogP contribution in [0.15, 0.2) is 0 Å². The Hall–Kier alpha value is -0.770. The number of ether oxygens (including phenoxy) is 1. The molecule has 20 heavy (non-hydrogen) atoms. The van der Waals surface area contributed by atoms with Gasteiger partial charge in [-0.2, -0.15) is 0 Å². The number of likely N-dealkylation sites (N-methyl/N-ethyl adjacent to an activating group) is 2. The van der Waals surface area contributed by atoms with Crippen LogP contribution in [0.25, 0.3) is 0 Å². The molecule has 124 valence electrons. The molecule has 0 spiro atoms. The van der Waals surface area contributed by atoms with Gasteiger partial charge in [0.05, 0.1) is 6.10 Å². The Labute approximate surface area is 127 Å². The Kier molecular flexibility index (Phi) is 22.1. The van der Waals surface area contributed by atoms with Crippen LogP contribution in [-0.4, -0.2) is 55.2 Å². The smallest absolute Gasteiger partial charge is 0.410 e. The molecular formula is C16H38N2O2. The highest BCUT2D eigenvalue weighted by molar-refractivity contribution is 5.67. The summed E-state index contributed by atoms with van der Waals surface area (Å²) in [7, 11) is 2.04. The van der Waals surface area contributed by atoms with Crippen molar-refractivity contribution in [3.05, 3.63) is 0 Å². The maximum Gasteiger partial charge on any atom is 0.410 e. The molecule has 0 heterocycles. The average molecular weight is 290 g/mol. The van der Waals surface area contributed by atoms with E-state index in [4.69, 9.17) is 4.74 Å². The summed E-state index contributed by atoms with van der Waals surface area (Å²) in [6, 6.07) is 0. The zero-order chi connectivity index (χ0) is 16.6. The fraction of sp³-hybridized carbons (Fsp3) is 0.938. The Morgan fingerprint density at radius 2 is 1.45 bits per heavy atom. The van der Waals surface area contributed by atoms with Gasteiger partial charge in [0, 0.05) is 19.6 Å². The van der Waals surface area contributed by atoms with E-state index in [1.807, 2.05) is 41.7 Å². The van der Waals surface area contributed by atoms with E-state index >= 15 is 0 Å². The molecule has 0 aliphatic rings. The third kappa shape index (κ3) is 17.2. The molecule has 0 N–H and O–H groups in total. The lowest BCUT2D eigenvalue weighted by atomic mass is 10.4. The third-order valence-electron chi connectivity index (χ3n) is 2.27. The molecular weight excluding hydrogens is 252 g/mol. The van der Waals surface area contributed by atoms with Crippen molar-refractivity contribution >= 4 is 6.09 Å². The van der Waals surface area contributed by atoms with Crippen LogP contribution in [0.4, 0.5) is 4.79 Å². The molecule has 0 rings (SSSR count). The van der Waals surface area contributed by atoms with Crippen molar-refractivity contribution in [3.8, 4) is 0 Å². The summed E-state index contributed by atoms with van der Waals surface area (Å²) < 4.78 is 5.14. The topological polar surface area (TPSA) is 32.8 Å². The van der Waals surface area contributed by atoms with Crippen molar-refractivity contribution in [2.75, 3.05) is 33.2 Å². The largest absolute Gasteiger partial charge is 0.447 e. The van der Waals surface area contributed by atoms with Crippen LogP contribution >= 0.6 is 0 Å². The van der Waals surface area contributed by atoms with E-state index in [1.54, 1.807) is 4.90 Å². The molecule has 0 aliphatic carbocycles. The first-order chi connectivity index (χ1) is 9.42. The van der Waals surface area contributed by atoms with E-state index in [2.05, 4.69) is 25.7 Å². The van der Waals surface area contributed by atoms with Gasteiger partial charge in [-0.15, -0.1) is 0 Å². The molecule has 0 saturated carbocycles. The summed E-state index contributed by atoms with van der Waals surface area (Å²) in [4.78, 5) is 15.5. The monoisotopic (exact) mass is 290 g/mol. The molecule has 0 saturated heterocycles. The van der Waals surface area contributed by atoms with Gasteiger partial charge in [-0.3, -0.25) is 0 Å². The highest BCUT2D eigenvalue weighted by atomic mass is 16.6.